The fourth-order valence-electron chi connectivity index (χ4n) is 5.66. The van der Waals surface area contributed by atoms with Crippen LogP contribution in [0.1, 0.15) is 142 Å². The summed E-state index contributed by atoms with van der Waals surface area (Å²) >= 11 is 0. The van der Waals surface area contributed by atoms with Crippen molar-refractivity contribution < 1.29 is 28.4 Å². The van der Waals surface area contributed by atoms with Crippen molar-refractivity contribution in [3.63, 3.8) is 0 Å². The van der Waals surface area contributed by atoms with Crippen LogP contribution >= 0.6 is 0 Å². The van der Waals surface area contributed by atoms with E-state index >= 15 is 0 Å². The molecule has 0 N–H and O–H groups in total. The second-order valence-electron chi connectivity index (χ2n) is 12.0. The Bertz CT molecular complexity index is 848. The number of ether oxygens (including phenoxy) is 3. The predicted octanol–water partition coefficient (Wildman–Crippen LogP) is 8.30. The summed E-state index contributed by atoms with van der Waals surface area (Å²) in [5.41, 5.74) is 0.880. The van der Waals surface area contributed by atoms with Gasteiger partial charge in [-0.3, -0.25) is 4.79 Å². The Kier molecular flexibility index (Phi) is 20.2. The van der Waals surface area contributed by atoms with Crippen LogP contribution in [-0.2, 0) is 32.1 Å². The first-order chi connectivity index (χ1) is 20.5. The molecule has 0 saturated carbocycles. The molecule has 0 aromatic carbocycles. The molecule has 1 aliphatic rings. The number of unbranched alkanes of at least 4 members (excludes halogenated alkanes) is 15. The lowest BCUT2D eigenvalue weighted by atomic mass is 10.0. The van der Waals surface area contributed by atoms with Crippen molar-refractivity contribution in [1.29, 1.82) is 0 Å². The first kappa shape index (κ1) is 36.2. The molecule has 0 unspecified atom stereocenters. The highest BCUT2D eigenvalue weighted by Gasteiger charge is 2.29. The van der Waals surface area contributed by atoms with E-state index in [0.29, 0.717) is 6.61 Å². The number of carbonyl (C=O) groups excluding carboxylic acids is 2. The van der Waals surface area contributed by atoms with E-state index in [1.54, 1.807) is 0 Å². The zero-order chi connectivity index (χ0) is 30.3. The summed E-state index contributed by atoms with van der Waals surface area (Å²) in [5.74, 6) is -0.334. The fraction of sp³-hybridized carbons (Fsp3) is 0.800. The third-order valence-electron chi connectivity index (χ3n) is 8.33. The number of carbonyl (C=O) groups is 2. The van der Waals surface area contributed by atoms with E-state index in [2.05, 4.69) is 6.92 Å². The molecule has 1 aromatic heterocycles. The Balaban J connectivity index is 1.42. The van der Waals surface area contributed by atoms with E-state index < -0.39 is 6.09 Å². The number of nitrogens with zero attached hydrogens (tertiary/aromatic N) is 2. The summed E-state index contributed by atoms with van der Waals surface area (Å²) in [5, 5.41) is 0. The van der Waals surface area contributed by atoms with Crippen LogP contribution in [0.2, 0.25) is 0 Å². The van der Waals surface area contributed by atoms with Crippen LogP contribution in [0.3, 0.4) is 0 Å². The van der Waals surface area contributed by atoms with Crippen molar-refractivity contribution in [2.45, 2.75) is 162 Å². The van der Waals surface area contributed by atoms with E-state index in [0.717, 1.165) is 43.0 Å². The van der Waals surface area contributed by atoms with Crippen LogP contribution in [0, 0.1) is 0 Å². The molecule has 2 heterocycles. The topological polar surface area (TPSA) is 69.0 Å². The number of imide groups is 1. The Labute approximate surface area is 256 Å². The van der Waals surface area contributed by atoms with Gasteiger partial charge in [0.2, 0.25) is 11.6 Å². The van der Waals surface area contributed by atoms with Crippen molar-refractivity contribution in [2.24, 2.45) is 0 Å². The van der Waals surface area contributed by atoms with Crippen LogP contribution in [0.5, 0.6) is 0 Å². The van der Waals surface area contributed by atoms with Crippen LogP contribution in [0.4, 0.5) is 4.79 Å². The summed E-state index contributed by atoms with van der Waals surface area (Å²) < 4.78 is 19.4. The van der Waals surface area contributed by atoms with E-state index in [-0.39, 0.29) is 31.3 Å². The van der Waals surface area contributed by atoms with Gasteiger partial charge in [0.1, 0.15) is 19.7 Å². The quantitative estimate of drug-likeness (QED) is 0.0896. The van der Waals surface area contributed by atoms with Gasteiger partial charge in [-0.1, -0.05) is 109 Å². The second kappa shape index (κ2) is 23.5. The summed E-state index contributed by atoms with van der Waals surface area (Å²) in [4.78, 5) is 26.0. The van der Waals surface area contributed by atoms with Gasteiger partial charge in [0.25, 0.3) is 0 Å². The molecule has 2 atom stereocenters. The third kappa shape index (κ3) is 16.0. The maximum Gasteiger partial charge on any atom is 0.417 e. The molecule has 240 valence electrons. The third-order valence-corrected chi connectivity index (χ3v) is 8.33. The van der Waals surface area contributed by atoms with Gasteiger partial charge in [-0.2, -0.15) is 0 Å². The maximum absolute atomic E-state index is 12.7. The first-order valence-corrected chi connectivity index (χ1v) is 17.2. The number of pyridine rings is 1. The lowest BCUT2D eigenvalue weighted by Crippen LogP contribution is -2.43. The standard InChI is InChI=1S/C35H61N2O5/c1-4-6-7-8-9-10-11-12-13-14-15-16-17-18-19-22-27-40-29-33-24-25-34(42-33)30-41-35(39)37(31(3)38)28-32-23-20-21-26-36(32)5-2/h20-21,23,26,33-34H,4-19,22,24-25,27-30H2,1-3H3/q+1/t33-,34+/m1/s1. The molecule has 0 aliphatic carbocycles. The minimum Gasteiger partial charge on any atom is -0.446 e. The largest absolute Gasteiger partial charge is 0.446 e. The van der Waals surface area contributed by atoms with Gasteiger partial charge >= 0.3 is 6.09 Å². The van der Waals surface area contributed by atoms with E-state index in [1.807, 2.05) is 35.9 Å². The van der Waals surface area contributed by atoms with E-state index in [4.69, 9.17) is 14.2 Å². The first-order valence-electron chi connectivity index (χ1n) is 17.2. The molecular weight excluding hydrogens is 528 g/mol. The van der Waals surface area contributed by atoms with Crippen molar-refractivity contribution in [1.82, 2.24) is 4.90 Å². The van der Waals surface area contributed by atoms with Gasteiger partial charge < -0.3 is 14.2 Å². The summed E-state index contributed by atoms with van der Waals surface area (Å²) in [6, 6.07) is 5.75. The number of aromatic nitrogens is 1. The van der Waals surface area contributed by atoms with E-state index in [1.165, 1.54) is 103 Å². The summed E-state index contributed by atoms with van der Waals surface area (Å²) in [6.45, 7) is 8.17. The molecule has 1 saturated heterocycles. The highest BCUT2D eigenvalue weighted by atomic mass is 16.6. The van der Waals surface area contributed by atoms with Gasteiger partial charge in [-0.25, -0.2) is 14.3 Å². The normalized spacial score (nSPS) is 16.5. The molecule has 7 nitrogen and oxygen atoms in total. The van der Waals surface area contributed by atoms with Gasteiger partial charge in [0, 0.05) is 25.7 Å². The molecule has 1 aliphatic heterocycles. The minimum atomic E-state index is -0.624. The summed E-state index contributed by atoms with van der Waals surface area (Å²) in [6.07, 6.45) is 24.8. The lowest BCUT2D eigenvalue weighted by molar-refractivity contribution is -0.701. The molecule has 0 radical (unpaired) electrons. The van der Waals surface area contributed by atoms with Gasteiger partial charge in [0.15, 0.2) is 6.20 Å². The van der Waals surface area contributed by atoms with Crippen molar-refractivity contribution in [3.05, 3.63) is 30.1 Å². The summed E-state index contributed by atoms with van der Waals surface area (Å²) in [7, 11) is 0. The lowest BCUT2D eigenvalue weighted by Gasteiger charge is -2.19. The Morgan fingerprint density at radius 3 is 1.90 bits per heavy atom. The van der Waals surface area contributed by atoms with Gasteiger partial charge in [-0.05, 0) is 26.2 Å². The molecule has 42 heavy (non-hydrogen) atoms. The Hall–Kier alpha value is -1.99. The average Bonchev–Trinajstić information content (AvgIpc) is 3.45. The maximum atomic E-state index is 12.7. The second-order valence-corrected chi connectivity index (χ2v) is 12.0. The SMILES string of the molecule is CCCCCCCCCCCCCCCCCCOC[C@H]1CC[C@@H](COC(=O)N(Cc2cccc[n+]2CC)C(C)=O)O1. The number of rotatable bonds is 24. The molecule has 2 amide bonds. The average molecular weight is 590 g/mol. The predicted molar refractivity (Wildman–Crippen MR) is 168 cm³/mol. The highest BCUT2D eigenvalue weighted by molar-refractivity contribution is 5.90. The highest BCUT2D eigenvalue weighted by Crippen LogP contribution is 2.21. The fourth-order valence-corrected chi connectivity index (χ4v) is 5.66. The molecule has 1 fully saturated rings. The molecule has 7 heteroatoms. The number of amides is 2. The molecule has 0 spiro atoms. The van der Waals surface area contributed by atoms with Crippen molar-refractivity contribution >= 4 is 12.0 Å². The monoisotopic (exact) mass is 589 g/mol. The number of hydrogen-bond acceptors (Lipinski definition) is 5. The molecular formula is C35H61N2O5+. The van der Waals surface area contributed by atoms with Crippen molar-refractivity contribution in [3.8, 4) is 0 Å². The minimum absolute atomic E-state index is 0.0477. The van der Waals surface area contributed by atoms with Crippen LogP contribution in [0.15, 0.2) is 24.4 Å². The van der Waals surface area contributed by atoms with Gasteiger partial charge in [-0.15, -0.1) is 0 Å². The Morgan fingerprint density at radius 2 is 1.36 bits per heavy atom. The zero-order valence-electron chi connectivity index (χ0n) is 27.2. The number of hydrogen-bond donors (Lipinski definition) is 0. The van der Waals surface area contributed by atoms with Crippen LogP contribution < -0.4 is 4.57 Å². The van der Waals surface area contributed by atoms with E-state index in [9.17, 15) is 9.59 Å². The van der Waals surface area contributed by atoms with Crippen molar-refractivity contribution in [2.75, 3.05) is 19.8 Å². The van der Waals surface area contributed by atoms with Gasteiger partial charge in [0.05, 0.1) is 18.8 Å². The Morgan fingerprint density at radius 1 is 0.810 bits per heavy atom. The smallest absolute Gasteiger partial charge is 0.417 e. The zero-order valence-corrected chi connectivity index (χ0v) is 27.2. The molecule has 2 rings (SSSR count). The molecule has 1 aromatic rings. The van der Waals surface area contributed by atoms with Crippen LogP contribution in [-0.4, -0.2) is 48.9 Å². The van der Waals surface area contributed by atoms with Crippen LogP contribution in [0.25, 0.3) is 0 Å². The number of aryl methyl sites for hydroxylation is 1. The molecule has 0 bridgehead atoms.